The first-order chi connectivity index (χ1) is 9.10. The molecule has 0 amide bonds. The molecule has 1 aromatic carbocycles. The van der Waals surface area contributed by atoms with Crippen LogP contribution in [-0.4, -0.2) is 28.4 Å². The second-order valence-corrected chi connectivity index (χ2v) is 4.08. The summed E-state index contributed by atoms with van der Waals surface area (Å²) < 4.78 is 10.6. The summed E-state index contributed by atoms with van der Waals surface area (Å²) in [5.41, 5.74) is 1.76. The van der Waals surface area contributed by atoms with Gasteiger partial charge in [-0.05, 0) is 24.6 Å². The highest BCUT2D eigenvalue weighted by atomic mass is 16.5. The number of methoxy groups -OCH3 is 1. The van der Waals surface area contributed by atoms with Crippen LogP contribution in [0.25, 0.3) is 11.5 Å². The van der Waals surface area contributed by atoms with Crippen LogP contribution >= 0.6 is 0 Å². The van der Waals surface area contributed by atoms with Crippen molar-refractivity contribution < 1.29 is 19.1 Å². The van der Waals surface area contributed by atoms with Gasteiger partial charge in [-0.25, -0.2) is 0 Å². The molecule has 0 saturated carbocycles. The Morgan fingerprint density at radius 1 is 1.42 bits per heavy atom. The average molecular weight is 262 g/mol. The number of carbonyl (C=O) groups is 1. The van der Waals surface area contributed by atoms with Crippen molar-refractivity contribution >= 4 is 5.97 Å². The lowest BCUT2D eigenvalue weighted by Gasteiger charge is -2.04. The zero-order valence-electron chi connectivity index (χ0n) is 10.7. The summed E-state index contributed by atoms with van der Waals surface area (Å²) in [5, 5.41) is 16.3. The van der Waals surface area contributed by atoms with Crippen molar-refractivity contribution in [1.29, 1.82) is 0 Å². The van der Waals surface area contributed by atoms with Gasteiger partial charge >= 0.3 is 5.97 Å². The van der Waals surface area contributed by atoms with Crippen molar-refractivity contribution in [3.8, 4) is 17.2 Å². The topological polar surface area (TPSA) is 85.5 Å². The quantitative estimate of drug-likeness (QED) is 0.887. The number of aliphatic carboxylic acids is 1. The van der Waals surface area contributed by atoms with E-state index in [1.165, 1.54) is 0 Å². The van der Waals surface area contributed by atoms with E-state index < -0.39 is 5.97 Å². The Hall–Kier alpha value is -2.37. The summed E-state index contributed by atoms with van der Waals surface area (Å²) in [6.45, 7) is 1.94. The molecule has 19 heavy (non-hydrogen) atoms. The van der Waals surface area contributed by atoms with Gasteiger partial charge in [-0.15, -0.1) is 10.2 Å². The van der Waals surface area contributed by atoms with Gasteiger partial charge in [-0.3, -0.25) is 4.79 Å². The largest absolute Gasteiger partial charge is 0.496 e. The molecule has 0 fully saturated rings. The number of hydrogen-bond donors (Lipinski definition) is 1. The van der Waals surface area contributed by atoms with Crippen LogP contribution < -0.4 is 4.74 Å². The van der Waals surface area contributed by atoms with E-state index in [-0.39, 0.29) is 12.8 Å². The number of benzene rings is 1. The lowest BCUT2D eigenvalue weighted by Crippen LogP contribution is -1.97. The predicted molar refractivity (Wildman–Crippen MR) is 67.0 cm³/mol. The molecule has 0 atom stereocenters. The molecule has 0 aliphatic rings. The minimum Gasteiger partial charge on any atom is -0.496 e. The van der Waals surface area contributed by atoms with Gasteiger partial charge in [0, 0.05) is 12.0 Å². The fraction of sp³-hybridized carbons (Fsp3) is 0.308. The van der Waals surface area contributed by atoms with Gasteiger partial charge in [0.25, 0.3) is 0 Å². The highest BCUT2D eigenvalue weighted by Gasteiger charge is 2.11. The van der Waals surface area contributed by atoms with E-state index in [0.29, 0.717) is 11.8 Å². The number of aryl methyl sites for hydroxylation is 2. The maximum Gasteiger partial charge on any atom is 0.303 e. The predicted octanol–water partition coefficient (Wildman–Crippen LogP) is 2.07. The van der Waals surface area contributed by atoms with Crippen molar-refractivity contribution in [3.63, 3.8) is 0 Å². The SMILES string of the molecule is COc1cc(-c2nnc(CCC(=O)O)o2)ccc1C. The monoisotopic (exact) mass is 262 g/mol. The van der Waals surface area contributed by atoms with Crippen LogP contribution in [-0.2, 0) is 11.2 Å². The normalized spacial score (nSPS) is 10.4. The number of carboxylic acids is 1. The molecule has 2 rings (SSSR count). The number of hydrogen-bond acceptors (Lipinski definition) is 5. The molecule has 1 aromatic heterocycles. The average Bonchev–Trinajstić information content (AvgIpc) is 2.86. The number of aromatic nitrogens is 2. The Morgan fingerprint density at radius 3 is 2.89 bits per heavy atom. The summed E-state index contributed by atoms with van der Waals surface area (Å²) in [6, 6.07) is 5.56. The van der Waals surface area contributed by atoms with Crippen molar-refractivity contribution in [3.05, 3.63) is 29.7 Å². The summed E-state index contributed by atoms with van der Waals surface area (Å²) in [6.07, 6.45) is 0.199. The minimum absolute atomic E-state index is 0.0289. The molecule has 6 nitrogen and oxygen atoms in total. The zero-order valence-corrected chi connectivity index (χ0v) is 10.7. The molecule has 0 aliphatic carbocycles. The molecule has 0 radical (unpaired) electrons. The molecule has 1 N–H and O–H groups in total. The van der Waals surface area contributed by atoms with Gasteiger partial charge < -0.3 is 14.3 Å². The lowest BCUT2D eigenvalue weighted by atomic mass is 10.1. The van der Waals surface area contributed by atoms with Crippen LogP contribution in [0, 0.1) is 6.92 Å². The second kappa shape index (κ2) is 5.51. The van der Waals surface area contributed by atoms with Crippen molar-refractivity contribution in [1.82, 2.24) is 10.2 Å². The van der Waals surface area contributed by atoms with E-state index in [2.05, 4.69) is 10.2 Å². The molecule has 0 bridgehead atoms. The summed E-state index contributed by atoms with van der Waals surface area (Å²) in [5.74, 6) is 0.523. The fourth-order valence-electron chi connectivity index (χ4n) is 1.64. The standard InChI is InChI=1S/C13H14N2O4/c1-8-3-4-9(7-10(8)18-2)13-15-14-11(19-13)5-6-12(16)17/h3-4,7H,5-6H2,1-2H3,(H,16,17). The molecular formula is C13H14N2O4. The third-order valence-electron chi connectivity index (χ3n) is 2.67. The first-order valence-electron chi connectivity index (χ1n) is 5.79. The Kier molecular flexibility index (Phi) is 3.79. The van der Waals surface area contributed by atoms with Crippen LogP contribution in [0.3, 0.4) is 0 Å². The van der Waals surface area contributed by atoms with Crippen molar-refractivity contribution in [2.24, 2.45) is 0 Å². The lowest BCUT2D eigenvalue weighted by molar-refractivity contribution is -0.137. The van der Waals surface area contributed by atoms with Gasteiger partial charge in [0.1, 0.15) is 5.75 Å². The Labute approximate surface area is 110 Å². The maximum atomic E-state index is 10.5. The molecule has 6 heteroatoms. The second-order valence-electron chi connectivity index (χ2n) is 4.08. The van der Waals surface area contributed by atoms with E-state index in [1.807, 2.05) is 25.1 Å². The van der Waals surface area contributed by atoms with E-state index in [9.17, 15) is 4.79 Å². The summed E-state index contributed by atoms with van der Waals surface area (Å²) >= 11 is 0. The molecule has 100 valence electrons. The van der Waals surface area contributed by atoms with E-state index in [0.717, 1.165) is 16.9 Å². The summed E-state index contributed by atoms with van der Waals surface area (Å²) in [7, 11) is 1.60. The third-order valence-corrected chi connectivity index (χ3v) is 2.67. The molecular weight excluding hydrogens is 248 g/mol. The maximum absolute atomic E-state index is 10.5. The van der Waals surface area contributed by atoms with Crippen LogP contribution in [0.15, 0.2) is 22.6 Å². The number of carboxylic acid groups (broad SMARTS) is 1. The third kappa shape index (κ3) is 3.09. The molecule has 1 heterocycles. The molecule has 2 aromatic rings. The number of rotatable bonds is 5. The van der Waals surface area contributed by atoms with Gasteiger partial charge in [0.2, 0.25) is 11.8 Å². The molecule has 0 saturated heterocycles. The first kappa shape index (κ1) is 13.1. The zero-order chi connectivity index (χ0) is 13.8. The van der Waals surface area contributed by atoms with Gasteiger partial charge in [-0.2, -0.15) is 0 Å². The Morgan fingerprint density at radius 2 is 2.21 bits per heavy atom. The highest BCUT2D eigenvalue weighted by Crippen LogP contribution is 2.26. The van der Waals surface area contributed by atoms with E-state index in [1.54, 1.807) is 7.11 Å². The van der Waals surface area contributed by atoms with Crippen LogP contribution in [0.2, 0.25) is 0 Å². The van der Waals surface area contributed by atoms with Crippen molar-refractivity contribution in [2.75, 3.05) is 7.11 Å². The van der Waals surface area contributed by atoms with Crippen LogP contribution in [0.1, 0.15) is 17.9 Å². The number of ether oxygens (including phenoxy) is 1. The molecule has 0 unspecified atom stereocenters. The van der Waals surface area contributed by atoms with Gasteiger partial charge in [-0.1, -0.05) is 6.07 Å². The summed E-state index contributed by atoms with van der Waals surface area (Å²) in [4.78, 5) is 10.5. The Balaban J connectivity index is 2.20. The van der Waals surface area contributed by atoms with Gasteiger partial charge in [0.05, 0.1) is 13.5 Å². The van der Waals surface area contributed by atoms with E-state index in [4.69, 9.17) is 14.3 Å². The van der Waals surface area contributed by atoms with E-state index >= 15 is 0 Å². The van der Waals surface area contributed by atoms with Crippen molar-refractivity contribution in [2.45, 2.75) is 19.8 Å². The van der Waals surface area contributed by atoms with Crippen LogP contribution in [0.4, 0.5) is 0 Å². The molecule has 0 aliphatic heterocycles. The number of nitrogens with zero attached hydrogens (tertiary/aromatic N) is 2. The fourth-order valence-corrected chi connectivity index (χ4v) is 1.64. The smallest absolute Gasteiger partial charge is 0.303 e. The van der Waals surface area contributed by atoms with Gasteiger partial charge in [0.15, 0.2) is 0 Å². The van der Waals surface area contributed by atoms with Crippen LogP contribution in [0.5, 0.6) is 5.75 Å². The first-order valence-corrected chi connectivity index (χ1v) is 5.79. The minimum atomic E-state index is -0.892. The Bertz CT molecular complexity index is 592. The highest BCUT2D eigenvalue weighted by molar-refractivity contribution is 5.66. The molecule has 0 spiro atoms.